The Kier molecular flexibility index (Phi) is 3.71. The van der Waals surface area contributed by atoms with Gasteiger partial charge in [0.05, 0.1) is 0 Å². The molecule has 3 aliphatic rings. The van der Waals surface area contributed by atoms with Gasteiger partial charge in [0.25, 0.3) is 0 Å². The van der Waals surface area contributed by atoms with Gasteiger partial charge in [-0.15, -0.1) is 0 Å². The number of piperidine rings is 1. The molecule has 120 valence electrons. The Morgan fingerprint density at radius 3 is 2.24 bits per heavy atom. The third-order valence-electron chi connectivity index (χ3n) is 5.39. The molecule has 4 nitrogen and oxygen atoms in total. The topological polar surface area (TPSA) is 41.6 Å². The van der Waals surface area contributed by atoms with Crippen molar-refractivity contribution in [1.82, 2.24) is 10.2 Å². The van der Waals surface area contributed by atoms with E-state index in [-0.39, 0.29) is 11.7 Å². The summed E-state index contributed by atoms with van der Waals surface area (Å²) in [7, 11) is 0. The minimum atomic E-state index is -0.390. The van der Waals surface area contributed by atoms with Crippen LogP contribution in [0, 0.1) is 23.7 Å². The smallest absolute Gasteiger partial charge is 0.410 e. The predicted molar refractivity (Wildman–Crippen MR) is 83.1 cm³/mol. The molecule has 21 heavy (non-hydrogen) atoms. The Morgan fingerprint density at radius 2 is 1.76 bits per heavy atom. The van der Waals surface area contributed by atoms with Crippen molar-refractivity contribution >= 4 is 6.09 Å². The number of hydrogen-bond acceptors (Lipinski definition) is 3. The van der Waals surface area contributed by atoms with Crippen molar-refractivity contribution in [2.24, 2.45) is 23.7 Å². The predicted octanol–water partition coefficient (Wildman–Crippen LogP) is 2.88. The molecular weight excluding hydrogens is 264 g/mol. The van der Waals surface area contributed by atoms with E-state index in [1.807, 2.05) is 25.7 Å². The van der Waals surface area contributed by atoms with Gasteiger partial charge in [-0.25, -0.2) is 4.79 Å². The molecule has 2 aliphatic carbocycles. The Balaban J connectivity index is 1.38. The summed E-state index contributed by atoms with van der Waals surface area (Å²) in [5.74, 6) is 3.06. The van der Waals surface area contributed by atoms with Gasteiger partial charge in [0.2, 0.25) is 0 Å². The van der Waals surface area contributed by atoms with E-state index in [2.05, 4.69) is 19.2 Å². The molecule has 0 spiro atoms. The van der Waals surface area contributed by atoms with Crippen LogP contribution in [-0.2, 0) is 4.74 Å². The Morgan fingerprint density at radius 1 is 1.19 bits per heavy atom. The molecule has 0 radical (unpaired) electrons. The first-order chi connectivity index (χ1) is 9.74. The second kappa shape index (κ2) is 5.15. The molecule has 1 N–H and O–H groups in total. The Labute approximate surface area is 128 Å². The average Bonchev–Trinajstić information content (AvgIpc) is 2.74. The summed E-state index contributed by atoms with van der Waals surface area (Å²) < 4.78 is 5.45. The number of carbonyl (C=O) groups is 1. The zero-order valence-corrected chi connectivity index (χ0v) is 14.1. The summed E-state index contributed by atoms with van der Waals surface area (Å²) in [5.41, 5.74) is -0.390. The lowest BCUT2D eigenvalue weighted by Gasteiger charge is -2.39. The number of ether oxygens (including phenoxy) is 1. The van der Waals surface area contributed by atoms with Gasteiger partial charge in [-0.3, -0.25) is 0 Å². The lowest BCUT2D eigenvalue weighted by Crippen LogP contribution is -2.47. The molecule has 0 aromatic heterocycles. The van der Waals surface area contributed by atoms with Crippen LogP contribution >= 0.6 is 0 Å². The molecular formula is C17H30N2O2. The molecule has 0 aromatic rings. The molecule has 3 fully saturated rings. The van der Waals surface area contributed by atoms with E-state index in [9.17, 15) is 4.79 Å². The first-order valence-corrected chi connectivity index (χ1v) is 8.48. The van der Waals surface area contributed by atoms with Crippen LogP contribution in [0.4, 0.5) is 4.79 Å². The van der Waals surface area contributed by atoms with Crippen molar-refractivity contribution in [3.8, 4) is 0 Å². The maximum absolute atomic E-state index is 12.0. The van der Waals surface area contributed by atoms with E-state index < -0.39 is 0 Å². The zero-order chi connectivity index (χ0) is 15.4. The van der Waals surface area contributed by atoms with E-state index in [0.717, 1.165) is 31.0 Å². The average molecular weight is 294 g/mol. The van der Waals surface area contributed by atoms with E-state index >= 15 is 0 Å². The van der Waals surface area contributed by atoms with Crippen LogP contribution in [0.15, 0.2) is 0 Å². The van der Waals surface area contributed by atoms with Crippen molar-refractivity contribution in [3.63, 3.8) is 0 Å². The molecule has 3 rings (SSSR count). The van der Waals surface area contributed by atoms with Crippen LogP contribution in [0.1, 0.15) is 47.5 Å². The second-order valence-electron chi connectivity index (χ2n) is 8.58. The fraction of sp³-hybridized carbons (Fsp3) is 0.941. The third kappa shape index (κ3) is 3.20. The molecule has 1 aliphatic heterocycles. The minimum absolute atomic E-state index is 0.142. The van der Waals surface area contributed by atoms with Crippen molar-refractivity contribution < 1.29 is 9.53 Å². The van der Waals surface area contributed by atoms with E-state index in [0.29, 0.717) is 17.9 Å². The number of hydrogen-bond donors (Lipinski definition) is 1. The van der Waals surface area contributed by atoms with E-state index in [4.69, 9.17) is 4.74 Å². The quantitative estimate of drug-likeness (QED) is 0.870. The Bertz CT molecular complexity index is 398. The summed E-state index contributed by atoms with van der Waals surface area (Å²) >= 11 is 0. The van der Waals surface area contributed by atoms with Crippen LogP contribution < -0.4 is 5.32 Å². The molecule has 1 amide bonds. The largest absolute Gasteiger partial charge is 0.444 e. The zero-order valence-electron chi connectivity index (χ0n) is 14.1. The maximum atomic E-state index is 12.0. The summed E-state index contributed by atoms with van der Waals surface area (Å²) in [6.45, 7) is 12.2. The highest BCUT2D eigenvalue weighted by Crippen LogP contribution is 2.47. The fourth-order valence-electron chi connectivity index (χ4n) is 3.86. The van der Waals surface area contributed by atoms with Crippen molar-refractivity contribution in [3.05, 3.63) is 0 Å². The van der Waals surface area contributed by atoms with Gasteiger partial charge in [0.1, 0.15) is 5.60 Å². The number of nitrogens with one attached hydrogen (secondary N) is 1. The molecule has 0 aromatic carbocycles. The molecule has 2 saturated carbocycles. The van der Waals surface area contributed by atoms with E-state index in [1.165, 1.54) is 12.8 Å². The molecule has 0 bridgehead atoms. The van der Waals surface area contributed by atoms with Crippen LogP contribution in [0.25, 0.3) is 0 Å². The van der Waals surface area contributed by atoms with Crippen molar-refractivity contribution in [1.29, 1.82) is 0 Å². The first-order valence-electron chi connectivity index (χ1n) is 8.48. The van der Waals surface area contributed by atoms with Crippen LogP contribution in [0.2, 0.25) is 0 Å². The lowest BCUT2D eigenvalue weighted by molar-refractivity contribution is 0.0266. The number of nitrogens with zero attached hydrogens (tertiary/aromatic N) is 1. The summed E-state index contributed by atoms with van der Waals surface area (Å²) in [6.07, 6.45) is 2.53. The molecule has 1 saturated heterocycles. The molecule has 2 unspecified atom stereocenters. The van der Waals surface area contributed by atoms with Gasteiger partial charge in [-0.2, -0.15) is 0 Å². The molecule has 2 atom stereocenters. The third-order valence-corrected chi connectivity index (χ3v) is 5.39. The van der Waals surface area contributed by atoms with Crippen molar-refractivity contribution in [2.75, 3.05) is 13.1 Å². The maximum Gasteiger partial charge on any atom is 0.410 e. The SMILES string of the molecule is CC(C)C1CC(NC2C3CN(C(=O)OC(C)(C)C)CC32)C1. The highest BCUT2D eigenvalue weighted by molar-refractivity contribution is 5.69. The number of rotatable bonds is 3. The Hall–Kier alpha value is -0.770. The number of likely N-dealkylation sites (tertiary alicyclic amines) is 1. The second-order valence-corrected chi connectivity index (χ2v) is 8.58. The standard InChI is InChI=1S/C17H30N2O2/c1-10(2)11-6-12(7-11)18-15-13-8-19(9-14(13)15)16(20)21-17(3,4)5/h10-15,18H,6-9H2,1-5H3. The monoisotopic (exact) mass is 294 g/mol. The number of carbonyl (C=O) groups excluding carboxylic acids is 1. The van der Waals surface area contributed by atoms with Gasteiger partial charge in [-0.1, -0.05) is 13.8 Å². The van der Waals surface area contributed by atoms with Crippen molar-refractivity contribution in [2.45, 2.75) is 65.1 Å². The first kappa shape index (κ1) is 15.1. The van der Waals surface area contributed by atoms with Gasteiger partial charge >= 0.3 is 6.09 Å². The van der Waals surface area contributed by atoms with Gasteiger partial charge in [0, 0.05) is 25.2 Å². The van der Waals surface area contributed by atoms with Crippen LogP contribution in [0.3, 0.4) is 0 Å². The van der Waals surface area contributed by atoms with Crippen LogP contribution in [-0.4, -0.2) is 41.8 Å². The minimum Gasteiger partial charge on any atom is -0.444 e. The fourth-order valence-corrected chi connectivity index (χ4v) is 3.86. The summed E-state index contributed by atoms with van der Waals surface area (Å²) in [4.78, 5) is 13.9. The van der Waals surface area contributed by atoms with Crippen LogP contribution in [0.5, 0.6) is 0 Å². The van der Waals surface area contributed by atoms with Gasteiger partial charge < -0.3 is 15.0 Å². The highest BCUT2D eigenvalue weighted by atomic mass is 16.6. The summed E-state index contributed by atoms with van der Waals surface area (Å²) in [5, 5.41) is 3.81. The number of amides is 1. The molecule has 4 heteroatoms. The van der Waals surface area contributed by atoms with E-state index in [1.54, 1.807) is 0 Å². The highest BCUT2D eigenvalue weighted by Gasteiger charge is 2.58. The lowest BCUT2D eigenvalue weighted by atomic mass is 9.73. The molecule has 1 heterocycles. The normalized spacial score (nSPS) is 38.2. The number of fused-ring (bicyclic) bond motifs is 1. The van der Waals surface area contributed by atoms with Gasteiger partial charge in [-0.05, 0) is 57.3 Å². The summed E-state index contributed by atoms with van der Waals surface area (Å²) in [6, 6.07) is 1.38. The van der Waals surface area contributed by atoms with Gasteiger partial charge in [0.15, 0.2) is 0 Å².